The first-order valence-electron chi connectivity index (χ1n) is 11.3. The number of fused-ring (bicyclic) bond motifs is 5. The van der Waals surface area contributed by atoms with Gasteiger partial charge in [0.15, 0.2) is 5.78 Å². The van der Waals surface area contributed by atoms with Crippen LogP contribution in [0.4, 0.5) is 0 Å². The Kier molecular flexibility index (Phi) is 5.93. The molecule has 3 amide bonds. The Hall–Kier alpha value is -3.16. The van der Waals surface area contributed by atoms with Crippen molar-refractivity contribution in [1.82, 2.24) is 10.0 Å². The van der Waals surface area contributed by atoms with Crippen LogP contribution in [0.3, 0.4) is 0 Å². The zero-order chi connectivity index (χ0) is 25.0. The first-order valence-corrected chi connectivity index (χ1v) is 12.0. The lowest BCUT2D eigenvalue weighted by Crippen LogP contribution is -2.57. The van der Waals surface area contributed by atoms with Crippen molar-refractivity contribution in [2.45, 2.75) is 19.4 Å². The summed E-state index contributed by atoms with van der Waals surface area (Å²) in [5.74, 6) is -2.70. The summed E-state index contributed by atoms with van der Waals surface area (Å²) in [6.45, 7) is 1.50. The topological polar surface area (TPSA) is 84.0 Å². The zero-order valence-electron chi connectivity index (χ0n) is 19.0. The zero-order valence-corrected chi connectivity index (χ0v) is 20.5. The van der Waals surface area contributed by atoms with Crippen LogP contribution in [0.2, 0.25) is 10.0 Å². The Labute approximate surface area is 212 Å². The van der Waals surface area contributed by atoms with Gasteiger partial charge < -0.3 is 4.74 Å². The van der Waals surface area contributed by atoms with Crippen LogP contribution in [-0.2, 0) is 9.59 Å². The molecule has 2 aromatic rings. The third-order valence-corrected chi connectivity index (χ3v) is 7.70. The largest absolute Gasteiger partial charge is 0.497 e. The lowest BCUT2D eigenvalue weighted by molar-refractivity contribution is -0.157. The first kappa shape index (κ1) is 23.6. The number of Topliss-reactive ketones (excluding diaryl/α,β-unsaturated/α-hetero) is 1. The van der Waals surface area contributed by atoms with Crippen molar-refractivity contribution in [2.24, 2.45) is 23.7 Å². The number of amides is 3. The summed E-state index contributed by atoms with van der Waals surface area (Å²) in [6.07, 6.45) is 4.68. The SMILES string of the molecule is COc1ccc(C(=O)[C@H](C)N(C(=O)c2ccc(Cl)cc2Cl)N2C(=O)[C@@H]3[C@H](C2=O)[C@@H]2C=C[C@H]3C2)cc1. The average Bonchev–Trinajstić information content (AvgIpc) is 3.53. The van der Waals surface area contributed by atoms with Gasteiger partial charge in [0.2, 0.25) is 0 Å². The van der Waals surface area contributed by atoms with Crippen molar-refractivity contribution in [1.29, 1.82) is 0 Å². The number of hydrogen-bond acceptors (Lipinski definition) is 5. The van der Waals surface area contributed by atoms with Gasteiger partial charge in [-0.3, -0.25) is 19.2 Å². The van der Waals surface area contributed by atoms with E-state index in [0.717, 1.165) is 16.4 Å². The third-order valence-electron chi connectivity index (χ3n) is 7.15. The number of halogens is 2. The minimum absolute atomic E-state index is 0.0317. The van der Waals surface area contributed by atoms with Crippen LogP contribution in [0, 0.1) is 23.7 Å². The number of ether oxygens (including phenoxy) is 1. The van der Waals surface area contributed by atoms with E-state index in [9.17, 15) is 19.2 Å². The maximum atomic E-state index is 13.8. The summed E-state index contributed by atoms with van der Waals surface area (Å²) in [7, 11) is 1.51. The second kappa shape index (κ2) is 8.81. The van der Waals surface area contributed by atoms with Crippen LogP contribution in [0.25, 0.3) is 0 Å². The van der Waals surface area contributed by atoms with Gasteiger partial charge in [0.1, 0.15) is 11.8 Å². The number of benzene rings is 2. The highest BCUT2D eigenvalue weighted by molar-refractivity contribution is 6.36. The number of imide groups is 1. The summed E-state index contributed by atoms with van der Waals surface area (Å²) in [4.78, 5) is 54.4. The fraction of sp³-hybridized carbons (Fsp3) is 0.308. The van der Waals surface area contributed by atoms with Crippen LogP contribution < -0.4 is 4.74 Å². The Bertz CT molecular complexity index is 1250. The molecule has 9 heteroatoms. The minimum atomic E-state index is -1.17. The van der Waals surface area contributed by atoms with Crippen molar-refractivity contribution in [3.8, 4) is 5.75 Å². The lowest BCUT2D eigenvalue weighted by Gasteiger charge is -2.35. The molecule has 0 radical (unpaired) electrons. The van der Waals surface area contributed by atoms with E-state index in [4.69, 9.17) is 27.9 Å². The van der Waals surface area contributed by atoms with Gasteiger partial charge in [-0.05, 0) is 67.6 Å². The number of hydrogen-bond donors (Lipinski definition) is 0. The molecule has 2 fully saturated rings. The van der Waals surface area contributed by atoms with Crippen LogP contribution in [0.5, 0.6) is 5.75 Å². The molecule has 7 nitrogen and oxygen atoms in total. The number of methoxy groups -OCH3 is 1. The van der Waals surface area contributed by atoms with Gasteiger partial charge >= 0.3 is 0 Å². The number of nitrogens with zero attached hydrogens (tertiary/aromatic N) is 2. The predicted octanol–water partition coefficient (Wildman–Crippen LogP) is 4.44. The molecule has 1 heterocycles. The average molecular weight is 513 g/mol. The van der Waals surface area contributed by atoms with Crippen LogP contribution in [0.1, 0.15) is 34.1 Å². The van der Waals surface area contributed by atoms with Gasteiger partial charge in [-0.15, -0.1) is 0 Å². The number of ketones is 1. The smallest absolute Gasteiger partial charge is 0.275 e. The third kappa shape index (κ3) is 3.74. The van der Waals surface area contributed by atoms with Crippen molar-refractivity contribution >= 4 is 46.7 Å². The fourth-order valence-electron chi connectivity index (χ4n) is 5.43. The number of carbonyl (C=O) groups is 4. The van der Waals surface area contributed by atoms with Crippen molar-refractivity contribution in [3.63, 3.8) is 0 Å². The summed E-state index contributed by atoms with van der Waals surface area (Å²) in [5.41, 5.74) is 0.337. The first-order chi connectivity index (χ1) is 16.7. The summed E-state index contributed by atoms with van der Waals surface area (Å²) in [6, 6.07) is 9.54. The molecule has 180 valence electrons. The molecule has 0 aromatic heterocycles. The molecule has 0 unspecified atom stereocenters. The molecule has 2 aliphatic carbocycles. The Balaban J connectivity index is 1.55. The van der Waals surface area contributed by atoms with E-state index in [1.165, 1.54) is 32.2 Å². The van der Waals surface area contributed by atoms with E-state index in [2.05, 4.69) is 0 Å². The Morgan fingerprint density at radius 3 is 2.14 bits per heavy atom. The summed E-state index contributed by atoms with van der Waals surface area (Å²) < 4.78 is 5.15. The highest BCUT2D eigenvalue weighted by atomic mass is 35.5. The highest BCUT2D eigenvalue weighted by Gasteiger charge is 2.61. The van der Waals surface area contributed by atoms with E-state index >= 15 is 0 Å². The standard InChI is InChI=1S/C26H22Cl2N2O5/c1-13(23(31)14-5-8-18(35-2)9-6-14)29(24(32)19-10-7-17(27)12-20(19)28)30-25(33)21-15-3-4-16(11-15)22(21)26(30)34/h3-10,12-13,15-16,21-22H,11H2,1-2H3/t13-,15-,16+,21-,22+/m0/s1. The summed E-state index contributed by atoms with van der Waals surface area (Å²) in [5, 5.41) is 2.22. The normalized spacial score (nSPS) is 25.1. The minimum Gasteiger partial charge on any atom is -0.497 e. The quantitative estimate of drug-likeness (QED) is 0.324. The van der Waals surface area contributed by atoms with Gasteiger partial charge in [0, 0.05) is 10.6 Å². The van der Waals surface area contributed by atoms with Gasteiger partial charge in [-0.2, -0.15) is 5.01 Å². The predicted molar refractivity (Wildman–Crippen MR) is 129 cm³/mol. The van der Waals surface area contributed by atoms with Crippen molar-refractivity contribution in [3.05, 3.63) is 75.8 Å². The fourth-order valence-corrected chi connectivity index (χ4v) is 5.92. The molecule has 2 bridgehead atoms. The van der Waals surface area contributed by atoms with Gasteiger partial charge in [0.25, 0.3) is 17.7 Å². The molecule has 5 atom stereocenters. The highest BCUT2D eigenvalue weighted by Crippen LogP contribution is 2.53. The monoisotopic (exact) mass is 512 g/mol. The van der Waals surface area contributed by atoms with Crippen molar-refractivity contribution < 1.29 is 23.9 Å². The molecule has 0 N–H and O–H groups in total. The number of hydrazine groups is 1. The molecule has 1 aliphatic heterocycles. The molecular formula is C26H22Cl2N2O5. The van der Waals surface area contributed by atoms with E-state index < -0.39 is 41.4 Å². The molecule has 2 aromatic carbocycles. The van der Waals surface area contributed by atoms with Crippen LogP contribution in [-0.4, -0.2) is 46.7 Å². The number of carbonyl (C=O) groups excluding carboxylic acids is 4. The molecule has 1 saturated carbocycles. The van der Waals surface area contributed by atoms with Gasteiger partial charge in [-0.1, -0.05) is 35.4 Å². The molecule has 35 heavy (non-hydrogen) atoms. The molecule has 5 rings (SSSR count). The lowest BCUT2D eigenvalue weighted by atomic mass is 9.85. The van der Waals surface area contributed by atoms with Crippen molar-refractivity contribution in [2.75, 3.05) is 7.11 Å². The van der Waals surface area contributed by atoms with E-state index in [0.29, 0.717) is 16.3 Å². The van der Waals surface area contributed by atoms with Crippen LogP contribution in [0.15, 0.2) is 54.6 Å². The maximum Gasteiger partial charge on any atom is 0.275 e. The molecule has 1 saturated heterocycles. The number of rotatable bonds is 6. The van der Waals surface area contributed by atoms with Gasteiger partial charge in [0.05, 0.1) is 29.5 Å². The maximum absolute atomic E-state index is 13.8. The molecule has 3 aliphatic rings. The summed E-state index contributed by atoms with van der Waals surface area (Å²) >= 11 is 12.3. The second-order valence-corrected chi connectivity index (χ2v) is 9.87. The van der Waals surface area contributed by atoms with E-state index in [-0.39, 0.29) is 22.4 Å². The van der Waals surface area contributed by atoms with Crippen LogP contribution >= 0.6 is 23.2 Å². The van der Waals surface area contributed by atoms with E-state index in [1.807, 2.05) is 12.2 Å². The molecule has 0 spiro atoms. The number of allylic oxidation sites excluding steroid dienone is 2. The Morgan fingerprint density at radius 2 is 1.60 bits per heavy atom. The van der Waals surface area contributed by atoms with E-state index in [1.54, 1.807) is 24.3 Å². The molecular weight excluding hydrogens is 491 g/mol. The Morgan fingerprint density at radius 1 is 1.00 bits per heavy atom. The second-order valence-electron chi connectivity index (χ2n) is 9.03. The van der Waals surface area contributed by atoms with Gasteiger partial charge in [-0.25, -0.2) is 5.01 Å².